The van der Waals surface area contributed by atoms with Gasteiger partial charge in [-0.3, -0.25) is 4.79 Å². The highest BCUT2D eigenvalue weighted by atomic mass is 32.2. The number of furan rings is 1. The molecule has 1 N–H and O–H groups in total. The van der Waals surface area contributed by atoms with E-state index in [1.807, 2.05) is 0 Å². The summed E-state index contributed by atoms with van der Waals surface area (Å²) < 4.78 is 38.9. The lowest BCUT2D eigenvalue weighted by molar-refractivity contribution is 0.0684. The zero-order valence-electron chi connectivity index (χ0n) is 16.4. The number of aromatic nitrogens is 2. The van der Waals surface area contributed by atoms with Crippen molar-refractivity contribution in [3.05, 3.63) is 41.5 Å². The number of piperidine rings is 1. The summed E-state index contributed by atoms with van der Waals surface area (Å²) in [5.74, 6) is 0.461. The van der Waals surface area contributed by atoms with Crippen molar-refractivity contribution >= 4 is 27.3 Å². The molecule has 1 fully saturated rings. The van der Waals surface area contributed by atoms with Gasteiger partial charge in [0.2, 0.25) is 15.9 Å². The highest BCUT2D eigenvalue weighted by molar-refractivity contribution is 7.91. The molecule has 1 atom stereocenters. The van der Waals surface area contributed by atoms with Crippen molar-refractivity contribution in [1.29, 1.82) is 0 Å². The van der Waals surface area contributed by atoms with Crippen LogP contribution in [0.5, 0.6) is 0 Å². The van der Waals surface area contributed by atoms with Crippen molar-refractivity contribution in [2.24, 2.45) is 0 Å². The second-order valence-electron chi connectivity index (χ2n) is 7.23. The molecule has 4 heterocycles. The van der Waals surface area contributed by atoms with E-state index < -0.39 is 10.0 Å². The fourth-order valence-electron chi connectivity index (χ4n) is 3.32. The first-order valence-corrected chi connectivity index (χ1v) is 12.0. The van der Waals surface area contributed by atoms with Crippen molar-refractivity contribution < 1.29 is 22.0 Å². The molecule has 0 spiro atoms. The highest BCUT2D eigenvalue weighted by Gasteiger charge is 2.25. The molecule has 1 aliphatic heterocycles. The molecule has 160 valence electrons. The minimum atomic E-state index is -3.71. The Morgan fingerprint density at radius 1 is 1.30 bits per heavy atom. The van der Waals surface area contributed by atoms with E-state index >= 15 is 0 Å². The number of sulfonamides is 1. The van der Waals surface area contributed by atoms with Crippen LogP contribution < -0.4 is 4.72 Å². The molecular weight excluding hydrogens is 428 g/mol. The van der Waals surface area contributed by atoms with Gasteiger partial charge in [0.25, 0.3) is 0 Å². The Morgan fingerprint density at radius 3 is 2.83 bits per heavy atom. The van der Waals surface area contributed by atoms with Crippen LogP contribution in [0.1, 0.15) is 42.6 Å². The standard InChI is InChI=1S/C19H22N4O5S2/c1-13(10-15-6-5-9-27-15)22-30(25,26)16-11-14(12-29-16)17-20-21-18(28-17)19(24)23-7-3-2-4-8-23/h5-6,9,11-13,22H,2-4,7-8,10H2,1H3/t13-/m1/s1. The Morgan fingerprint density at radius 2 is 2.10 bits per heavy atom. The number of nitrogens with one attached hydrogen (secondary N) is 1. The predicted molar refractivity (Wildman–Crippen MR) is 110 cm³/mol. The third kappa shape index (κ3) is 4.63. The van der Waals surface area contributed by atoms with Crippen LogP contribution >= 0.6 is 11.3 Å². The van der Waals surface area contributed by atoms with Crippen LogP contribution in [0.3, 0.4) is 0 Å². The van der Waals surface area contributed by atoms with Crippen molar-refractivity contribution in [3.8, 4) is 11.5 Å². The molecule has 0 radical (unpaired) electrons. The minimum Gasteiger partial charge on any atom is -0.469 e. The molecule has 1 aliphatic rings. The molecule has 11 heteroatoms. The van der Waals surface area contributed by atoms with Crippen molar-refractivity contribution in [3.63, 3.8) is 0 Å². The monoisotopic (exact) mass is 450 g/mol. The summed E-state index contributed by atoms with van der Waals surface area (Å²) in [5.41, 5.74) is 0.462. The van der Waals surface area contributed by atoms with Gasteiger partial charge in [-0.1, -0.05) is 0 Å². The molecule has 0 aromatic carbocycles. The van der Waals surface area contributed by atoms with Crippen LogP contribution in [0.25, 0.3) is 11.5 Å². The molecule has 3 aromatic heterocycles. The first kappa shape index (κ1) is 20.8. The van der Waals surface area contributed by atoms with Gasteiger partial charge in [-0.05, 0) is 44.4 Å². The van der Waals surface area contributed by atoms with Gasteiger partial charge in [0, 0.05) is 30.9 Å². The fraction of sp³-hybridized carbons (Fsp3) is 0.421. The van der Waals surface area contributed by atoms with Crippen LogP contribution in [0.4, 0.5) is 0 Å². The van der Waals surface area contributed by atoms with Gasteiger partial charge in [-0.15, -0.1) is 21.5 Å². The van der Waals surface area contributed by atoms with Gasteiger partial charge in [0.05, 0.1) is 11.8 Å². The molecule has 9 nitrogen and oxygen atoms in total. The summed E-state index contributed by atoms with van der Waals surface area (Å²) >= 11 is 1.05. The fourth-order valence-corrected chi connectivity index (χ4v) is 5.74. The average Bonchev–Trinajstić information content (AvgIpc) is 3.48. The van der Waals surface area contributed by atoms with Gasteiger partial charge in [0.1, 0.15) is 9.97 Å². The smallest absolute Gasteiger partial charge is 0.311 e. The number of hydrogen-bond donors (Lipinski definition) is 1. The summed E-state index contributed by atoms with van der Waals surface area (Å²) in [6.07, 6.45) is 5.03. The Hall–Kier alpha value is -2.50. The number of carbonyl (C=O) groups excluding carboxylic acids is 1. The van der Waals surface area contributed by atoms with Gasteiger partial charge in [-0.25, -0.2) is 13.1 Å². The summed E-state index contributed by atoms with van der Waals surface area (Å²) in [6, 6.07) is 4.68. The number of hydrogen-bond acceptors (Lipinski definition) is 8. The minimum absolute atomic E-state index is 0.0762. The quantitative estimate of drug-likeness (QED) is 0.588. The molecule has 0 bridgehead atoms. The summed E-state index contributed by atoms with van der Waals surface area (Å²) in [5, 5.41) is 9.39. The SMILES string of the molecule is C[C@H](Cc1ccco1)NS(=O)(=O)c1cc(-c2nnc(C(=O)N3CCCCC3)o2)cs1. The van der Waals surface area contributed by atoms with E-state index in [1.165, 1.54) is 6.07 Å². The maximum Gasteiger partial charge on any atom is 0.311 e. The van der Waals surface area contributed by atoms with Crippen molar-refractivity contribution in [1.82, 2.24) is 19.8 Å². The number of nitrogens with zero attached hydrogens (tertiary/aromatic N) is 3. The molecule has 0 saturated carbocycles. The zero-order chi connectivity index (χ0) is 21.1. The molecule has 4 rings (SSSR count). The summed E-state index contributed by atoms with van der Waals surface area (Å²) in [7, 11) is -3.71. The Labute approximate surface area is 178 Å². The molecule has 3 aromatic rings. The molecule has 1 amide bonds. The van der Waals surface area contributed by atoms with E-state index in [1.54, 1.807) is 35.6 Å². The molecule has 30 heavy (non-hydrogen) atoms. The number of amides is 1. The average molecular weight is 451 g/mol. The summed E-state index contributed by atoms with van der Waals surface area (Å²) in [6.45, 7) is 3.13. The van der Waals surface area contributed by atoms with Crippen molar-refractivity contribution in [2.75, 3.05) is 13.1 Å². The van der Waals surface area contributed by atoms with E-state index in [2.05, 4.69) is 14.9 Å². The first-order valence-electron chi connectivity index (χ1n) is 9.69. The van der Waals surface area contributed by atoms with Crippen LogP contribution in [0.2, 0.25) is 0 Å². The van der Waals surface area contributed by atoms with Crippen LogP contribution in [0.15, 0.2) is 42.9 Å². The predicted octanol–water partition coefficient (Wildman–Crippen LogP) is 2.93. The number of carbonyl (C=O) groups is 1. The zero-order valence-corrected chi connectivity index (χ0v) is 18.0. The van der Waals surface area contributed by atoms with Gasteiger partial charge in [-0.2, -0.15) is 0 Å². The van der Waals surface area contributed by atoms with Gasteiger partial charge in [0.15, 0.2) is 0 Å². The molecule has 1 saturated heterocycles. The Balaban J connectivity index is 1.44. The number of rotatable bonds is 7. The lowest BCUT2D eigenvalue weighted by atomic mass is 10.1. The third-order valence-corrected chi connectivity index (χ3v) is 7.81. The Kier molecular flexibility index (Phi) is 6.02. The number of likely N-dealkylation sites (tertiary alicyclic amines) is 1. The van der Waals surface area contributed by atoms with E-state index in [9.17, 15) is 13.2 Å². The van der Waals surface area contributed by atoms with Crippen LogP contribution in [0, 0.1) is 0 Å². The summed E-state index contributed by atoms with van der Waals surface area (Å²) in [4.78, 5) is 14.2. The maximum atomic E-state index is 12.7. The van der Waals surface area contributed by atoms with Crippen LogP contribution in [-0.2, 0) is 16.4 Å². The van der Waals surface area contributed by atoms with Crippen LogP contribution in [-0.4, -0.2) is 48.6 Å². The maximum absolute atomic E-state index is 12.7. The lowest BCUT2D eigenvalue weighted by Crippen LogP contribution is -2.35. The second-order valence-corrected chi connectivity index (χ2v) is 10.1. The van der Waals surface area contributed by atoms with Crippen molar-refractivity contribution in [2.45, 2.75) is 42.9 Å². The second kappa shape index (κ2) is 8.70. The lowest BCUT2D eigenvalue weighted by Gasteiger charge is -2.24. The highest BCUT2D eigenvalue weighted by Crippen LogP contribution is 2.28. The molecule has 0 aliphatic carbocycles. The van der Waals surface area contributed by atoms with Gasteiger partial charge < -0.3 is 13.7 Å². The van der Waals surface area contributed by atoms with E-state index in [4.69, 9.17) is 8.83 Å². The van der Waals surface area contributed by atoms with Gasteiger partial charge >= 0.3 is 11.8 Å². The third-order valence-electron chi connectivity index (χ3n) is 4.78. The molecular formula is C19H22N4O5S2. The number of thiophene rings is 1. The largest absolute Gasteiger partial charge is 0.469 e. The van der Waals surface area contributed by atoms with E-state index in [0.29, 0.717) is 30.8 Å². The normalized spacial score (nSPS) is 16.0. The topological polar surface area (TPSA) is 119 Å². The van der Waals surface area contributed by atoms with E-state index in [-0.39, 0.29) is 27.9 Å². The Bertz CT molecular complexity index is 1100. The molecule has 0 unspecified atom stereocenters. The first-order chi connectivity index (χ1) is 14.4. The van der Waals surface area contributed by atoms with E-state index in [0.717, 1.165) is 30.6 Å².